The Morgan fingerprint density at radius 1 is 0.862 bits per heavy atom. The molecular weight excluding hydrogens is 350 g/mol. The first kappa shape index (κ1) is 19.5. The number of rotatable bonds is 5. The summed E-state index contributed by atoms with van der Waals surface area (Å²) in [5, 5.41) is 0. The monoisotopic (exact) mass is 381 g/mol. The SMILES string of the molecule is Cc1cc(N(C)C)ccc1C(C)(C)CC1C(c2ccccc2)=Cc2ccccc21. The third kappa shape index (κ3) is 3.74. The van der Waals surface area contributed by atoms with Crippen LogP contribution in [-0.4, -0.2) is 14.1 Å². The summed E-state index contributed by atoms with van der Waals surface area (Å²) in [5.74, 6) is 0.413. The quantitative estimate of drug-likeness (QED) is 0.457. The van der Waals surface area contributed by atoms with Gasteiger partial charge in [0.1, 0.15) is 0 Å². The molecule has 0 spiro atoms. The van der Waals surface area contributed by atoms with Gasteiger partial charge in [-0.05, 0) is 64.3 Å². The molecule has 0 aromatic heterocycles. The fraction of sp³-hybridized carbons (Fsp3) is 0.286. The Morgan fingerprint density at radius 3 is 2.24 bits per heavy atom. The van der Waals surface area contributed by atoms with E-state index in [0.29, 0.717) is 5.92 Å². The van der Waals surface area contributed by atoms with Crippen LogP contribution >= 0.6 is 0 Å². The Bertz CT molecular complexity index is 1040. The summed E-state index contributed by atoms with van der Waals surface area (Å²) in [5.41, 5.74) is 9.77. The van der Waals surface area contributed by atoms with E-state index in [-0.39, 0.29) is 5.41 Å². The van der Waals surface area contributed by atoms with E-state index in [2.05, 4.69) is 119 Å². The Morgan fingerprint density at radius 2 is 1.55 bits per heavy atom. The average Bonchev–Trinajstić information content (AvgIpc) is 3.06. The van der Waals surface area contributed by atoms with E-state index in [1.807, 2.05) is 0 Å². The lowest BCUT2D eigenvalue weighted by Crippen LogP contribution is -2.22. The van der Waals surface area contributed by atoms with Crippen molar-refractivity contribution in [3.05, 3.63) is 101 Å². The molecule has 3 aromatic carbocycles. The Labute approximate surface area is 175 Å². The maximum atomic E-state index is 2.40. The van der Waals surface area contributed by atoms with E-state index in [0.717, 1.165) is 6.42 Å². The Kier molecular flexibility index (Phi) is 5.08. The van der Waals surface area contributed by atoms with Crippen molar-refractivity contribution in [3.8, 4) is 0 Å². The summed E-state index contributed by atoms with van der Waals surface area (Å²) in [6, 6.07) is 26.7. The number of fused-ring (bicyclic) bond motifs is 1. The first-order chi connectivity index (χ1) is 13.9. The second-order valence-electron chi connectivity index (χ2n) is 9.13. The van der Waals surface area contributed by atoms with Crippen molar-refractivity contribution in [1.29, 1.82) is 0 Å². The molecule has 29 heavy (non-hydrogen) atoms. The molecule has 1 atom stereocenters. The summed E-state index contributed by atoms with van der Waals surface area (Å²) in [4.78, 5) is 2.17. The van der Waals surface area contributed by atoms with Gasteiger partial charge in [0, 0.05) is 25.7 Å². The molecule has 0 radical (unpaired) electrons. The van der Waals surface area contributed by atoms with Crippen molar-refractivity contribution in [2.24, 2.45) is 0 Å². The van der Waals surface area contributed by atoms with Crippen LogP contribution in [0, 0.1) is 6.92 Å². The minimum absolute atomic E-state index is 0.0743. The molecule has 1 nitrogen and oxygen atoms in total. The van der Waals surface area contributed by atoms with Gasteiger partial charge in [0.25, 0.3) is 0 Å². The zero-order valence-electron chi connectivity index (χ0n) is 18.2. The summed E-state index contributed by atoms with van der Waals surface area (Å²) in [6.45, 7) is 7.04. The van der Waals surface area contributed by atoms with Gasteiger partial charge in [-0.3, -0.25) is 0 Å². The minimum Gasteiger partial charge on any atom is -0.378 e. The molecule has 0 saturated carbocycles. The van der Waals surface area contributed by atoms with Crippen molar-refractivity contribution in [2.45, 2.75) is 38.5 Å². The number of aryl methyl sites for hydroxylation is 1. The number of benzene rings is 3. The predicted molar refractivity (Wildman–Crippen MR) is 127 cm³/mol. The first-order valence-electron chi connectivity index (χ1n) is 10.5. The molecule has 0 bridgehead atoms. The molecule has 3 aromatic rings. The highest BCUT2D eigenvalue weighted by Crippen LogP contribution is 2.48. The normalized spacial score (nSPS) is 15.8. The zero-order valence-corrected chi connectivity index (χ0v) is 18.2. The van der Waals surface area contributed by atoms with Gasteiger partial charge < -0.3 is 4.90 Å². The molecule has 0 aliphatic heterocycles. The fourth-order valence-corrected chi connectivity index (χ4v) is 4.84. The lowest BCUT2D eigenvalue weighted by molar-refractivity contribution is 0.460. The number of nitrogens with zero attached hydrogens (tertiary/aromatic N) is 1. The van der Waals surface area contributed by atoms with Crippen LogP contribution < -0.4 is 4.90 Å². The van der Waals surface area contributed by atoms with Gasteiger partial charge in [-0.2, -0.15) is 0 Å². The first-order valence-corrected chi connectivity index (χ1v) is 10.5. The van der Waals surface area contributed by atoms with E-state index in [4.69, 9.17) is 0 Å². The predicted octanol–water partition coefficient (Wildman–Crippen LogP) is 7.07. The van der Waals surface area contributed by atoms with Gasteiger partial charge in [0.05, 0.1) is 0 Å². The second-order valence-corrected chi connectivity index (χ2v) is 9.13. The third-order valence-electron chi connectivity index (χ3n) is 6.33. The Hall–Kier alpha value is -2.80. The number of hydrogen-bond acceptors (Lipinski definition) is 1. The highest BCUT2D eigenvalue weighted by Gasteiger charge is 2.33. The minimum atomic E-state index is 0.0743. The molecular formula is C28H31N. The highest BCUT2D eigenvalue weighted by molar-refractivity contribution is 5.91. The van der Waals surface area contributed by atoms with Crippen LogP contribution in [0.5, 0.6) is 0 Å². The van der Waals surface area contributed by atoms with Crippen LogP contribution in [0.3, 0.4) is 0 Å². The number of hydrogen-bond donors (Lipinski definition) is 0. The summed E-state index contributed by atoms with van der Waals surface area (Å²) in [7, 11) is 4.21. The molecule has 0 saturated heterocycles. The van der Waals surface area contributed by atoms with Crippen molar-refractivity contribution in [1.82, 2.24) is 0 Å². The fourth-order valence-electron chi connectivity index (χ4n) is 4.84. The van der Waals surface area contributed by atoms with Gasteiger partial charge in [-0.15, -0.1) is 0 Å². The lowest BCUT2D eigenvalue weighted by atomic mass is 9.72. The summed E-state index contributed by atoms with van der Waals surface area (Å²) in [6.07, 6.45) is 3.49. The van der Waals surface area contributed by atoms with Crippen LogP contribution in [0.15, 0.2) is 72.8 Å². The van der Waals surface area contributed by atoms with Crippen molar-refractivity contribution in [2.75, 3.05) is 19.0 Å². The van der Waals surface area contributed by atoms with Crippen LogP contribution in [0.1, 0.15) is 54.0 Å². The molecule has 0 heterocycles. The third-order valence-corrected chi connectivity index (χ3v) is 6.33. The van der Waals surface area contributed by atoms with E-state index < -0.39 is 0 Å². The van der Waals surface area contributed by atoms with Gasteiger partial charge in [0.15, 0.2) is 0 Å². The van der Waals surface area contributed by atoms with Gasteiger partial charge >= 0.3 is 0 Å². The molecule has 1 heteroatoms. The number of allylic oxidation sites excluding steroid dienone is 1. The topological polar surface area (TPSA) is 3.24 Å². The average molecular weight is 382 g/mol. The molecule has 4 rings (SSSR count). The smallest absolute Gasteiger partial charge is 0.0363 e. The summed E-state index contributed by atoms with van der Waals surface area (Å²) < 4.78 is 0. The maximum absolute atomic E-state index is 2.40. The largest absolute Gasteiger partial charge is 0.378 e. The second kappa shape index (κ2) is 7.55. The standard InChI is InChI=1S/C28H31N/c1-20-17-23(29(4)5)15-16-27(20)28(2,3)19-26-24-14-10-9-13-22(24)18-25(26)21-11-7-6-8-12-21/h6-18,26H,19H2,1-5H3. The van der Waals surface area contributed by atoms with E-state index in [1.165, 1.54) is 39.1 Å². The van der Waals surface area contributed by atoms with Crippen LogP contribution in [-0.2, 0) is 5.41 Å². The van der Waals surface area contributed by atoms with Gasteiger partial charge in [0.2, 0.25) is 0 Å². The highest BCUT2D eigenvalue weighted by atomic mass is 15.1. The van der Waals surface area contributed by atoms with Crippen molar-refractivity contribution < 1.29 is 0 Å². The van der Waals surface area contributed by atoms with Gasteiger partial charge in [-0.1, -0.05) is 80.6 Å². The molecule has 0 N–H and O–H groups in total. The van der Waals surface area contributed by atoms with Crippen molar-refractivity contribution in [3.63, 3.8) is 0 Å². The maximum Gasteiger partial charge on any atom is 0.0363 e. The van der Waals surface area contributed by atoms with E-state index in [9.17, 15) is 0 Å². The summed E-state index contributed by atoms with van der Waals surface area (Å²) >= 11 is 0. The molecule has 0 fully saturated rings. The molecule has 1 aliphatic rings. The lowest BCUT2D eigenvalue weighted by Gasteiger charge is -2.32. The van der Waals surface area contributed by atoms with E-state index in [1.54, 1.807) is 0 Å². The molecule has 148 valence electrons. The van der Waals surface area contributed by atoms with Crippen LogP contribution in [0.4, 0.5) is 5.69 Å². The number of anilines is 1. The Balaban J connectivity index is 1.72. The molecule has 1 aliphatic carbocycles. The van der Waals surface area contributed by atoms with Gasteiger partial charge in [-0.25, -0.2) is 0 Å². The molecule has 1 unspecified atom stereocenters. The van der Waals surface area contributed by atoms with Crippen molar-refractivity contribution >= 4 is 17.3 Å². The van der Waals surface area contributed by atoms with Crippen LogP contribution in [0.2, 0.25) is 0 Å². The van der Waals surface area contributed by atoms with E-state index >= 15 is 0 Å². The van der Waals surface area contributed by atoms with Crippen LogP contribution in [0.25, 0.3) is 11.6 Å². The zero-order chi connectivity index (χ0) is 20.6. The molecule has 0 amide bonds.